The highest BCUT2D eigenvalue weighted by Gasteiger charge is 2.29. The standard InChI is InChI=1S/C11H22NO/c1-8(2)11-10(5)6-12(7-13-11)9(3)4/h6,8-11H,7H2,1-5H3/q+1/t10?,11-/m0/s1. The molecule has 0 bridgehead atoms. The average Bonchev–Trinajstić information content (AvgIpc) is 2.03. The van der Waals surface area contributed by atoms with Crippen LogP contribution in [0, 0.1) is 11.8 Å². The zero-order chi connectivity index (χ0) is 10.0. The first kappa shape index (κ1) is 10.7. The average molecular weight is 184 g/mol. The van der Waals surface area contributed by atoms with Gasteiger partial charge in [0.1, 0.15) is 12.3 Å². The summed E-state index contributed by atoms with van der Waals surface area (Å²) in [7, 11) is 0. The molecule has 0 saturated carbocycles. The first-order chi connectivity index (χ1) is 6.02. The van der Waals surface area contributed by atoms with Crippen LogP contribution < -0.4 is 0 Å². The molecule has 0 aromatic carbocycles. The van der Waals surface area contributed by atoms with E-state index in [1.165, 1.54) is 0 Å². The van der Waals surface area contributed by atoms with Crippen LogP contribution in [0.4, 0.5) is 0 Å². The molecule has 0 N–H and O–H groups in total. The van der Waals surface area contributed by atoms with Crippen LogP contribution in [0.1, 0.15) is 34.6 Å². The Bertz CT molecular complexity index is 196. The van der Waals surface area contributed by atoms with Crippen LogP contribution in [0.3, 0.4) is 0 Å². The third-order valence-electron chi connectivity index (χ3n) is 2.68. The maximum atomic E-state index is 5.82. The van der Waals surface area contributed by atoms with Gasteiger partial charge in [-0.2, -0.15) is 0 Å². The highest BCUT2D eigenvalue weighted by atomic mass is 16.5. The van der Waals surface area contributed by atoms with Crippen LogP contribution in [0.2, 0.25) is 0 Å². The lowest BCUT2D eigenvalue weighted by Gasteiger charge is -2.28. The van der Waals surface area contributed by atoms with E-state index >= 15 is 0 Å². The van der Waals surface area contributed by atoms with Crippen molar-refractivity contribution in [1.82, 2.24) is 0 Å². The summed E-state index contributed by atoms with van der Waals surface area (Å²) in [5.41, 5.74) is 0. The van der Waals surface area contributed by atoms with Crippen molar-refractivity contribution in [2.75, 3.05) is 6.73 Å². The molecule has 0 aromatic rings. The second-order valence-electron chi connectivity index (χ2n) is 4.62. The molecule has 0 fully saturated rings. The van der Waals surface area contributed by atoms with Gasteiger partial charge in [0.05, 0.1) is 12.0 Å². The molecule has 0 amide bonds. The van der Waals surface area contributed by atoms with Crippen LogP contribution in [0.15, 0.2) is 0 Å². The summed E-state index contributed by atoms with van der Waals surface area (Å²) >= 11 is 0. The van der Waals surface area contributed by atoms with Gasteiger partial charge >= 0.3 is 0 Å². The summed E-state index contributed by atoms with van der Waals surface area (Å²) in [6.07, 6.45) is 2.72. The lowest BCUT2D eigenvalue weighted by atomic mass is 9.95. The van der Waals surface area contributed by atoms with E-state index in [2.05, 4.69) is 45.4 Å². The normalized spacial score (nSPS) is 29.6. The fraction of sp³-hybridized carbons (Fsp3) is 0.909. The Morgan fingerprint density at radius 3 is 2.31 bits per heavy atom. The molecule has 13 heavy (non-hydrogen) atoms. The molecule has 1 aliphatic heterocycles. The highest BCUT2D eigenvalue weighted by Crippen LogP contribution is 2.18. The van der Waals surface area contributed by atoms with Crippen molar-refractivity contribution in [3.63, 3.8) is 0 Å². The fourth-order valence-electron chi connectivity index (χ4n) is 1.87. The molecule has 2 nitrogen and oxygen atoms in total. The summed E-state index contributed by atoms with van der Waals surface area (Å²) in [6.45, 7) is 11.8. The SMILES string of the molecule is CC(C)[C@@H]1OC[N+](C(C)C)=CC1C. The zero-order valence-corrected chi connectivity index (χ0v) is 9.45. The predicted molar refractivity (Wildman–Crippen MR) is 55.2 cm³/mol. The number of hydrogen-bond donors (Lipinski definition) is 0. The van der Waals surface area contributed by atoms with Crippen LogP contribution >= 0.6 is 0 Å². The third-order valence-corrected chi connectivity index (χ3v) is 2.68. The molecule has 2 heteroatoms. The van der Waals surface area contributed by atoms with Crippen LogP contribution in [0.25, 0.3) is 0 Å². The Hall–Kier alpha value is -0.370. The molecule has 0 saturated heterocycles. The predicted octanol–water partition coefficient (Wildman–Crippen LogP) is 2.13. The van der Waals surface area contributed by atoms with Crippen molar-refractivity contribution >= 4 is 6.21 Å². The molecule has 2 atom stereocenters. The monoisotopic (exact) mass is 184 g/mol. The molecule has 0 aliphatic carbocycles. The second kappa shape index (κ2) is 4.23. The summed E-state index contributed by atoms with van der Waals surface area (Å²) in [4.78, 5) is 0. The van der Waals surface area contributed by atoms with Gasteiger partial charge in [0.15, 0.2) is 0 Å². The summed E-state index contributed by atoms with van der Waals surface area (Å²) in [5, 5.41) is 0. The van der Waals surface area contributed by atoms with E-state index in [1.807, 2.05) is 0 Å². The van der Waals surface area contributed by atoms with Crippen LogP contribution in [0.5, 0.6) is 0 Å². The molecule has 1 aliphatic rings. The quantitative estimate of drug-likeness (QED) is 0.599. The molecule has 1 heterocycles. The Labute approximate surface area is 81.6 Å². The lowest BCUT2D eigenvalue weighted by molar-refractivity contribution is -0.605. The van der Waals surface area contributed by atoms with E-state index < -0.39 is 0 Å². The van der Waals surface area contributed by atoms with E-state index in [0.717, 1.165) is 6.73 Å². The number of nitrogens with zero attached hydrogens (tertiary/aromatic N) is 1. The summed E-state index contributed by atoms with van der Waals surface area (Å²) in [6, 6.07) is 0.551. The molecular weight excluding hydrogens is 162 g/mol. The van der Waals surface area contributed by atoms with Gasteiger partial charge in [-0.3, -0.25) is 0 Å². The number of rotatable bonds is 2. The molecule has 1 unspecified atom stereocenters. The number of hydrogen-bond acceptors (Lipinski definition) is 1. The minimum absolute atomic E-state index is 0.398. The smallest absolute Gasteiger partial charge is 0.247 e. The van der Waals surface area contributed by atoms with Crippen molar-refractivity contribution in [3.8, 4) is 0 Å². The largest absolute Gasteiger partial charge is 0.319 e. The van der Waals surface area contributed by atoms with E-state index in [4.69, 9.17) is 4.74 Å². The van der Waals surface area contributed by atoms with Gasteiger partial charge < -0.3 is 4.74 Å². The lowest BCUT2D eigenvalue weighted by Crippen LogP contribution is -2.41. The van der Waals surface area contributed by atoms with Crippen LogP contribution in [-0.4, -0.2) is 29.7 Å². The van der Waals surface area contributed by atoms with Crippen molar-refractivity contribution < 1.29 is 9.31 Å². The minimum atomic E-state index is 0.398. The van der Waals surface area contributed by atoms with Gasteiger partial charge in [0.25, 0.3) is 0 Å². The van der Waals surface area contributed by atoms with E-state index in [0.29, 0.717) is 24.0 Å². The van der Waals surface area contributed by atoms with Crippen molar-refractivity contribution in [2.45, 2.75) is 46.8 Å². The van der Waals surface area contributed by atoms with Gasteiger partial charge in [-0.1, -0.05) is 20.8 Å². The Morgan fingerprint density at radius 1 is 1.31 bits per heavy atom. The Morgan fingerprint density at radius 2 is 1.92 bits per heavy atom. The molecule has 0 radical (unpaired) electrons. The number of ether oxygens (including phenoxy) is 1. The first-order valence-corrected chi connectivity index (χ1v) is 5.24. The van der Waals surface area contributed by atoms with Gasteiger partial charge in [-0.05, 0) is 19.8 Å². The molecule has 1 rings (SSSR count). The van der Waals surface area contributed by atoms with Crippen molar-refractivity contribution in [2.24, 2.45) is 11.8 Å². The maximum Gasteiger partial charge on any atom is 0.247 e. The van der Waals surface area contributed by atoms with E-state index in [1.54, 1.807) is 0 Å². The minimum Gasteiger partial charge on any atom is -0.319 e. The van der Waals surface area contributed by atoms with Crippen LogP contribution in [-0.2, 0) is 4.74 Å². The highest BCUT2D eigenvalue weighted by molar-refractivity contribution is 5.56. The molecular formula is C11H22NO+. The summed E-state index contributed by atoms with van der Waals surface area (Å²) in [5.74, 6) is 1.15. The fourth-order valence-corrected chi connectivity index (χ4v) is 1.87. The second-order valence-corrected chi connectivity index (χ2v) is 4.62. The topological polar surface area (TPSA) is 12.2 Å². The van der Waals surface area contributed by atoms with Gasteiger partial charge in [-0.25, -0.2) is 4.58 Å². The zero-order valence-electron chi connectivity index (χ0n) is 9.45. The van der Waals surface area contributed by atoms with E-state index in [9.17, 15) is 0 Å². The molecule has 76 valence electrons. The first-order valence-electron chi connectivity index (χ1n) is 5.24. The summed E-state index contributed by atoms with van der Waals surface area (Å²) < 4.78 is 8.09. The Kier molecular flexibility index (Phi) is 3.48. The van der Waals surface area contributed by atoms with Gasteiger partial charge in [-0.15, -0.1) is 0 Å². The van der Waals surface area contributed by atoms with Gasteiger partial charge in [0.2, 0.25) is 6.73 Å². The third kappa shape index (κ3) is 2.53. The van der Waals surface area contributed by atoms with Gasteiger partial charge in [0, 0.05) is 0 Å². The van der Waals surface area contributed by atoms with Crippen molar-refractivity contribution in [3.05, 3.63) is 0 Å². The maximum absolute atomic E-state index is 5.82. The molecule has 0 spiro atoms. The van der Waals surface area contributed by atoms with Crippen molar-refractivity contribution in [1.29, 1.82) is 0 Å². The molecule has 0 aromatic heterocycles. The Balaban J connectivity index is 2.66. The van der Waals surface area contributed by atoms with E-state index in [-0.39, 0.29) is 0 Å².